The molecule has 1 aromatic heterocycles. The van der Waals surface area contributed by atoms with Crippen molar-refractivity contribution < 1.29 is 14.5 Å². The second kappa shape index (κ2) is 6.77. The Morgan fingerprint density at radius 3 is 2.74 bits per heavy atom. The number of rotatable bonds is 6. The van der Waals surface area contributed by atoms with Crippen molar-refractivity contribution in [2.75, 3.05) is 0 Å². The van der Waals surface area contributed by atoms with E-state index >= 15 is 0 Å². The van der Waals surface area contributed by atoms with Gasteiger partial charge in [0.25, 0.3) is 0 Å². The van der Waals surface area contributed by atoms with Gasteiger partial charge in [-0.05, 0) is 20.3 Å². The molecule has 0 aliphatic rings. The summed E-state index contributed by atoms with van der Waals surface area (Å²) in [5.74, 6) is -0.278. The molecule has 1 amide bonds. The van der Waals surface area contributed by atoms with E-state index in [1.165, 1.54) is 0 Å². The minimum absolute atomic E-state index is 0.0712. The van der Waals surface area contributed by atoms with Crippen LogP contribution in [0.4, 0.5) is 0 Å². The molecule has 7 heteroatoms. The molecule has 0 bridgehead atoms. The van der Waals surface area contributed by atoms with Gasteiger partial charge in [-0.3, -0.25) is 4.79 Å². The normalized spacial score (nSPS) is 13.3. The number of oxime groups is 1. The van der Waals surface area contributed by atoms with Gasteiger partial charge in [0, 0.05) is 12.1 Å². The monoisotopic (exact) mass is 268 g/mol. The molecule has 1 aromatic rings. The highest BCUT2D eigenvalue weighted by Crippen LogP contribution is 2.13. The van der Waals surface area contributed by atoms with E-state index in [1.54, 1.807) is 6.92 Å². The Hall–Kier alpha value is -2.05. The van der Waals surface area contributed by atoms with Crippen LogP contribution in [0.25, 0.3) is 0 Å². The number of aryl methyl sites for hydroxylation is 2. The number of hydrogen-bond donors (Lipinski definition) is 3. The Balaban J connectivity index is 2.68. The van der Waals surface area contributed by atoms with Gasteiger partial charge in [0.2, 0.25) is 5.91 Å². The van der Waals surface area contributed by atoms with Crippen molar-refractivity contribution in [2.45, 2.75) is 40.2 Å². The number of carbonyl (C=O) groups is 1. The van der Waals surface area contributed by atoms with Crippen LogP contribution >= 0.6 is 0 Å². The molecule has 1 atom stereocenters. The van der Waals surface area contributed by atoms with Crippen LogP contribution in [0.1, 0.15) is 36.8 Å². The zero-order valence-electron chi connectivity index (χ0n) is 11.4. The quantitative estimate of drug-likeness (QED) is 0.309. The average molecular weight is 268 g/mol. The third-order valence-electron chi connectivity index (χ3n) is 2.99. The number of aromatic nitrogens is 1. The fourth-order valence-corrected chi connectivity index (χ4v) is 1.82. The predicted octanol–water partition coefficient (Wildman–Crippen LogP) is 1.07. The number of nitrogens with two attached hydrogens (primary N) is 1. The van der Waals surface area contributed by atoms with Crippen molar-refractivity contribution in [3.05, 3.63) is 17.0 Å². The third-order valence-corrected chi connectivity index (χ3v) is 2.99. The fourth-order valence-electron chi connectivity index (χ4n) is 1.82. The Bertz CT molecular complexity index is 448. The molecule has 1 unspecified atom stereocenters. The average Bonchev–Trinajstić information content (AvgIpc) is 2.72. The molecule has 7 nitrogen and oxygen atoms in total. The molecule has 0 aliphatic heterocycles. The van der Waals surface area contributed by atoms with Gasteiger partial charge in [0.05, 0.1) is 11.6 Å². The number of carbonyl (C=O) groups excluding carboxylic acids is 1. The Labute approximate surface area is 111 Å². The summed E-state index contributed by atoms with van der Waals surface area (Å²) in [6, 6.07) is 0. The molecule has 106 valence electrons. The largest absolute Gasteiger partial charge is 0.409 e. The lowest BCUT2D eigenvalue weighted by Gasteiger charge is -2.14. The molecule has 0 aliphatic carbocycles. The molecule has 0 fully saturated rings. The van der Waals surface area contributed by atoms with E-state index in [0.717, 1.165) is 17.7 Å². The summed E-state index contributed by atoms with van der Waals surface area (Å²) in [5.41, 5.74) is 7.12. The summed E-state index contributed by atoms with van der Waals surface area (Å²) in [6.45, 7) is 5.85. The number of nitrogens with zero attached hydrogens (tertiary/aromatic N) is 2. The summed E-state index contributed by atoms with van der Waals surface area (Å²) >= 11 is 0. The summed E-state index contributed by atoms with van der Waals surface area (Å²) < 4.78 is 5.01. The van der Waals surface area contributed by atoms with Crippen molar-refractivity contribution in [2.24, 2.45) is 16.8 Å². The molecule has 1 rings (SSSR count). The zero-order chi connectivity index (χ0) is 14.4. The van der Waals surface area contributed by atoms with Crippen LogP contribution in [-0.4, -0.2) is 22.1 Å². The van der Waals surface area contributed by atoms with E-state index in [0.29, 0.717) is 18.7 Å². The maximum atomic E-state index is 12.0. The zero-order valence-corrected chi connectivity index (χ0v) is 11.4. The van der Waals surface area contributed by atoms with Crippen molar-refractivity contribution in [3.63, 3.8) is 0 Å². The van der Waals surface area contributed by atoms with Gasteiger partial charge < -0.3 is 20.8 Å². The highest BCUT2D eigenvalue weighted by atomic mass is 16.5. The Morgan fingerprint density at radius 2 is 2.26 bits per heavy atom. The van der Waals surface area contributed by atoms with Crippen LogP contribution in [0.2, 0.25) is 0 Å². The number of amides is 1. The van der Waals surface area contributed by atoms with Crippen LogP contribution in [0.5, 0.6) is 0 Å². The molecule has 4 N–H and O–H groups in total. The third kappa shape index (κ3) is 3.70. The first-order valence-corrected chi connectivity index (χ1v) is 6.18. The minimum Gasteiger partial charge on any atom is -0.409 e. The van der Waals surface area contributed by atoms with E-state index in [4.69, 9.17) is 15.5 Å². The van der Waals surface area contributed by atoms with Gasteiger partial charge in [-0.25, -0.2) is 0 Å². The highest BCUT2D eigenvalue weighted by molar-refractivity contribution is 6.02. The summed E-state index contributed by atoms with van der Waals surface area (Å²) in [5, 5.41) is 18.2. The van der Waals surface area contributed by atoms with Gasteiger partial charge in [-0.15, -0.1) is 0 Å². The predicted molar refractivity (Wildman–Crippen MR) is 69.6 cm³/mol. The molecular weight excluding hydrogens is 248 g/mol. The van der Waals surface area contributed by atoms with Gasteiger partial charge in [0.15, 0.2) is 5.84 Å². The number of nitrogens with one attached hydrogen (secondary N) is 1. The number of hydrogen-bond acceptors (Lipinski definition) is 5. The maximum Gasteiger partial charge on any atom is 0.231 e. The first kappa shape index (κ1) is 15.0. The lowest BCUT2D eigenvalue weighted by atomic mass is 10.0. The van der Waals surface area contributed by atoms with Crippen molar-refractivity contribution in [3.8, 4) is 0 Å². The number of amidine groups is 1. The van der Waals surface area contributed by atoms with E-state index in [2.05, 4.69) is 15.6 Å². The molecule has 19 heavy (non-hydrogen) atoms. The molecule has 1 heterocycles. The van der Waals surface area contributed by atoms with E-state index < -0.39 is 5.92 Å². The topological polar surface area (TPSA) is 114 Å². The molecular formula is C12H20N4O3. The maximum absolute atomic E-state index is 12.0. The van der Waals surface area contributed by atoms with Gasteiger partial charge in [-0.2, -0.15) is 0 Å². The summed E-state index contributed by atoms with van der Waals surface area (Å²) in [7, 11) is 0. The van der Waals surface area contributed by atoms with Crippen LogP contribution in [-0.2, 0) is 11.3 Å². The first-order valence-electron chi connectivity index (χ1n) is 6.18. The molecule has 0 radical (unpaired) electrons. The lowest BCUT2D eigenvalue weighted by molar-refractivity contribution is -0.123. The van der Waals surface area contributed by atoms with Crippen LogP contribution < -0.4 is 11.1 Å². The summed E-state index contributed by atoms with van der Waals surface area (Å²) in [4.78, 5) is 12.0. The second-order valence-corrected chi connectivity index (χ2v) is 4.39. The Kier molecular flexibility index (Phi) is 5.35. The highest BCUT2D eigenvalue weighted by Gasteiger charge is 2.22. The van der Waals surface area contributed by atoms with E-state index in [1.807, 2.05) is 13.8 Å². The summed E-state index contributed by atoms with van der Waals surface area (Å²) in [6.07, 6.45) is 1.29. The standard InChI is InChI=1S/C12H20N4O3/c1-4-5-9(11(13)15-18)12(17)14-6-10-7(2)16-19-8(10)3/h9,18H,4-6H2,1-3H3,(H2,13,15)(H,14,17). The van der Waals surface area contributed by atoms with Gasteiger partial charge >= 0.3 is 0 Å². The van der Waals surface area contributed by atoms with E-state index in [-0.39, 0.29) is 11.7 Å². The minimum atomic E-state index is -0.615. The van der Waals surface area contributed by atoms with Crippen molar-refractivity contribution >= 4 is 11.7 Å². The SMILES string of the molecule is CCCC(C(=O)NCc1c(C)noc1C)C(N)=NO. The van der Waals surface area contributed by atoms with Crippen molar-refractivity contribution in [1.29, 1.82) is 0 Å². The van der Waals surface area contributed by atoms with Gasteiger partial charge in [-0.1, -0.05) is 23.7 Å². The first-order chi connectivity index (χ1) is 9.01. The lowest BCUT2D eigenvalue weighted by Crippen LogP contribution is -2.38. The molecule has 0 spiro atoms. The molecule has 0 saturated carbocycles. The fraction of sp³-hybridized carbons (Fsp3) is 0.583. The van der Waals surface area contributed by atoms with Crippen molar-refractivity contribution in [1.82, 2.24) is 10.5 Å². The molecule has 0 aromatic carbocycles. The smallest absolute Gasteiger partial charge is 0.231 e. The van der Waals surface area contributed by atoms with Crippen LogP contribution in [0.3, 0.4) is 0 Å². The van der Waals surface area contributed by atoms with Gasteiger partial charge in [0.1, 0.15) is 5.76 Å². The van der Waals surface area contributed by atoms with E-state index in [9.17, 15) is 4.79 Å². The molecule has 0 saturated heterocycles. The van der Waals surface area contributed by atoms with Crippen LogP contribution in [0.15, 0.2) is 9.68 Å². The van der Waals surface area contributed by atoms with Crippen LogP contribution in [0, 0.1) is 19.8 Å². The second-order valence-electron chi connectivity index (χ2n) is 4.39. The Morgan fingerprint density at radius 1 is 1.58 bits per heavy atom.